The van der Waals surface area contributed by atoms with E-state index < -0.39 is 48.6 Å². The lowest BCUT2D eigenvalue weighted by Gasteiger charge is -2.25. The molecule has 0 saturated heterocycles. The van der Waals surface area contributed by atoms with Gasteiger partial charge in [-0.05, 0) is 30.2 Å². The molecule has 1 aliphatic rings. The van der Waals surface area contributed by atoms with Gasteiger partial charge >= 0.3 is 6.18 Å². The van der Waals surface area contributed by atoms with Gasteiger partial charge in [-0.1, -0.05) is 24.3 Å². The topological polar surface area (TPSA) is 99.6 Å². The maximum Gasteiger partial charge on any atom is 0.389 e. The molecule has 2 atom stereocenters. The van der Waals surface area contributed by atoms with Crippen LogP contribution >= 0.6 is 0 Å². The number of β-amino-alcohol motifs (C(OH)–C–C–N with tert-alkyl or cyclic N) is 1. The van der Waals surface area contributed by atoms with Crippen LogP contribution in [0.15, 0.2) is 42.6 Å². The van der Waals surface area contributed by atoms with Gasteiger partial charge in [0.05, 0.1) is 31.5 Å². The molecule has 1 aliphatic heterocycles. The quantitative estimate of drug-likeness (QED) is 0.627. The molecule has 3 rings (SSSR count). The molecular weight excluding hydrogens is 439 g/mol. The molecule has 176 valence electrons. The van der Waals surface area contributed by atoms with Gasteiger partial charge in [-0.25, -0.2) is 4.98 Å². The molecule has 0 bridgehead atoms. The Morgan fingerprint density at radius 2 is 1.88 bits per heavy atom. The number of benzene rings is 1. The van der Waals surface area contributed by atoms with E-state index in [4.69, 9.17) is 0 Å². The monoisotopic (exact) mass is 463 g/mol. The summed E-state index contributed by atoms with van der Waals surface area (Å²) in [6.07, 6.45) is -5.27. The predicted octanol–water partition coefficient (Wildman–Crippen LogP) is 2.98. The van der Waals surface area contributed by atoms with Crippen molar-refractivity contribution in [2.75, 3.05) is 18.1 Å². The van der Waals surface area contributed by atoms with Gasteiger partial charge < -0.3 is 10.4 Å². The van der Waals surface area contributed by atoms with Gasteiger partial charge in [0.2, 0.25) is 11.8 Å². The second kappa shape index (κ2) is 10.1. The number of hydrogen-bond donors (Lipinski definition) is 2. The average Bonchev–Trinajstić information content (AvgIpc) is 2.87. The van der Waals surface area contributed by atoms with Crippen LogP contribution in [-0.2, 0) is 14.4 Å². The summed E-state index contributed by atoms with van der Waals surface area (Å²) >= 11 is 0. The maximum absolute atomic E-state index is 13.5. The fourth-order valence-electron chi connectivity index (χ4n) is 3.83. The lowest BCUT2D eigenvalue weighted by molar-refractivity contribution is -0.144. The number of nitrogens with zero attached hydrogens (tertiary/aromatic N) is 2. The van der Waals surface area contributed by atoms with Crippen molar-refractivity contribution in [2.45, 2.75) is 44.3 Å². The largest absolute Gasteiger partial charge is 0.395 e. The number of amides is 2. The third-order valence-electron chi connectivity index (χ3n) is 5.46. The van der Waals surface area contributed by atoms with Crippen molar-refractivity contribution in [3.63, 3.8) is 0 Å². The van der Waals surface area contributed by atoms with Crippen molar-refractivity contribution in [1.29, 1.82) is 0 Å². The number of aliphatic hydroxyl groups is 1. The second-order valence-electron chi connectivity index (χ2n) is 7.80. The van der Waals surface area contributed by atoms with E-state index in [1.54, 1.807) is 30.3 Å². The van der Waals surface area contributed by atoms with E-state index in [9.17, 15) is 32.7 Å². The van der Waals surface area contributed by atoms with Crippen LogP contribution < -0.4 is 10.2 Å². The SMILES string of the molecule is C[C@@H](NC(=O)CCC(F)(F)F)C(=O)CC1C(=O)N(CCO)c2ncccc2-c2ccccc21. The first-order chi connectivity index (χ1) is 15.6. The minimum Gasteiger partial charge on any atom is -0.395 e. The van der Waals surface area contributed by atoms with Crippen molar-refractivity contribution < 1.29 is 32.7 Å². The molecule has 2 aromatic rings. The van der Waals surface area contributed by atoms with E-state index in [-0.39, 0.29) is 19.6 Å². The normalized spacial score (nSPS) is 16.5. The van der Waals surface area contributed by atoms with Gasteiger partial charge in [-0.2, -0.15) is 13.2 Å². The van der Waals surface area contributed by atoms with Crippen LogP contribution in [0.5, 0.6) is 0 Å². The molecule has 0 saturated carbocycles. The van der Waals surface area contributed by atoms with Crippen LogP contribution in [0.25, 0.3) is 11.1 Å². The predicted molar refractivity (Wildman–Crippen MR) is 114 cm³/mol. The number of nitrogens with one attached hydrogen (secondary N) is 1. The molecule has 10 heteroatoms. The summed E-state index contributed by atoms with van der Waals surface area (Å²) in [4.78, 5) is 43.8. The van der Waals surface area contributed by atoms with Gasteiger partial charge in [0.25, 0.3) is 0 Å². The number of rotatable bonds is 8. The van der Waals surface area contributed by atoms with Crippen LogP contribution in [0.2, 0.25) is 0 Å². The summed E-state index contributed by atoms with van der Waals surface area (Å²) in [6.45, 7) is 1.04. The van der Waals surface area contributed by atoms with Crippen LogP contribution in [0.3, 0.4) is 0 Å². The molecule has 0 fully saturated rings. The first-order valence-electron chi connectivity index (χ1n) is 10.5. The van der Waals surface area contributed by atoms with E-state index in [1.165, 1.54) is 18.0 Å². The Morgan fingerprint density at radius 1 is 1.18 bits per heavy atom. The Labute approximate surface area is 188 Å². The highest BCUT2D eigenvalue weighted by atomic mass is 19.4. The maximum atomic E-state index is 13.5. The standard InChI is InChI=1S/C23H24F3N3O4/c1-14(28-20(32)8-9-23(24,25)26)19(31)13-18-16-6-3-2-5-15(16)17-7-4-10-27-21(17)29(11-12-30)22(18)33/h2-7,10,14,18,30H,8-9,11-13H2,1H3,(H,28,32)/t14-,18?/m1/s1. The Bertz CT molecular complexity index is 1040. The molecule has 1 aromatic carbocycles. The molecule has 2 heterocycles. The highest BCUT2D eigenvalue weighted by molar-refractivity contribution is 6.06. The molecule has 2 amide bonds. The number of hydrogen-bond acceptors (Lipinski definition) is 5. The number of fused-ring (bicyclic) bond motifs is 3. The number of Topliss-reactive ketones (excluding diaryl/α,β-unsaturated/α-hetero) is 1. The van der Waals surface area contributed by atoms with Crippen molar-refractivity contribution in [3.8, 4) is 11.1 Å². The summed E-state index contributed by atoms with van der Waals surface area (Å²) in [6, 6.07) is 9.53. The Balaban J connectivity index is 1.85. The first-order valence-corrected chi connectivity index (χ1v) is 10.5. The Hall–Kier alpha value is -3.27. The number of aliphatic hydroxyl groups excluding tert-OH is 1. The lowest BCUT2D eigenvalue weighted by Crippen LogP contribution is -2.42. The molecule has 1 aromatic heterocycles. The third kappa shape index (κ3) is 5.75. The number of ketones is 1. The molecule has 0 radical (unpaired) electrons. The Kier molecular flexibility index (Phi) is 7.47. The second-order valence-corrected chi connectivity index (χ2v) is 7.80. The van der Waals surface area contributed by atoms with Crippen molar-refractivity contribution in [1.82, 2.24) is 10.3 Å². The molecule has 1 unspecified atom stereocenters. The van der Waals surface area contributed by atoms with E-state index in [0.717, 1.165) is 0 Å². The summed E-state index contributed by atoms with van der Waals surface area (Å²) in [7, 11) is 0. The van der Waals surface area contributed by atoms with Gasteiger partial charge in [-0.15, -0.1) is 0 Å². The van der Waals surface area contributed by atoms with Gasteiger partial charge in [-0.3, -0.25) is 19.3 Å². The zero-order chi connectivity index (χ0) is 24.2. The number of pyridine rings is 1. The van der Waals surface area contributed by atoms with Crippen molar-refractivity contribution >= 4 is 23.4 Å². The van der Waals surface area contributed by atoms with Crippen LogP contribution in [0, 0.1) is 0 Å². The number of halogens is 3. The lowest BCUT2D eigenvalue weighted by atomic mass is 9.87. The summed E-state index contributed by atoms with van der Waals surface area (Å²) in [5, 5.41) is 11.8. The molecule has 0 aliphatic carbocycles. The van der Waals surface area contributed by atoms with E-state index >= 15 is 0 Å². The fourth-order valence-corrected chi connectivity index (χ4v) is 3.83. The summed E-state index contributed by atoms with van der Waals surface area (Å²) in [5.41, 5.74) is 1.99. The minimum atomic E-state index is -4.47. The van der Waals surface area contributed by atoms with Gasteiger partial charge in [0.15, 0.2) is 5.78 Å². The zero-order valence-corrected chi connectivity index (χ0v) is 17.9. The zero-order valence-electron chi connectivity index (χ0n) is 17.9. The van der Waals surface area contributed by atoms with E-state index in [2.05, 4.69) is 10.3 Å². The number of anilines is 1. The van der Waals surface area contributed by atoms with Gasteiger partial charge in [0, 0.05) is 24.6 Å². The number of alkyl halides is 3. The Morgan fingerprint density at radius 3 is 2.58 bits per heavy atom. The van der Waals surface area contributed by atoms with Crippen molar-refractivity contribution in [2.24, 2.45) is 0 Å². The fraction of sp³-hybridized carbons (Fsp3) is 0.391. The van der Waals surface area contributed by atoms with Crippen LogP contribution in [-0.4, -0.2) is 53.1 Å². The minimum absolute atomic E-state index is 0.0226. The van der Waals surface area contributed by atoms with Crippen LogP contribution in [0.1, 0.15) is 37.7 Å². The smallest absolute Gasteiger partial charge is 0.389 e. The molecule has 0 spiro atoms. The molecule has 2 N–H and O–H groups in total. The molecular formula is C23H24F3N3O4. The van der Waals surface area contributed by atoms with Crippen molar-refractivity contribution in [3.05, 3.63) is 48.2 Å². The molecule has 33 heavy (non-hydrogen) atoms. The highest BCUT2D eigenvalue weighted by Crippen LogP contribution is 2.41. The van der Waals surface area contributed by atoms with E-state index in [1.807, 2.05) is 6.07 Å². The molecule has 7 nitrogen and oxygen atoms in total. The summed E-state index contributed by atoms with van der Waals surface area (Å²) in [5.74, 6) is -2.36. The van der Waals surface area contributed by atoms with Crippen LogP contribution in [0.4, 0.5) is 19.0 Å². The van der Waals surface area contributed by atoms with E-state index in [0.29, 0.717) is 22.5 Å². The number of carbonyl (C=O) groups is 3. The van der Waals surface area contributed by atoms with Gasteiger partial charge in [0.1, 0.15) is 5.82 Å². The highest BCUT2D eigenvalue weighted by Gasteiger charge is 2.36. The summed E-state index contributed by atoms with van der Waals surface area (Å²) < 4.78 is 37.0. The first kappa shape index (κ1) is 24.4. The third-order valence-corrected chi connectivity index (χ3v) is 5.46. The number of aromatic nitrogens is 1. The number of carbonyl (C=O) groups excluding carboxylic acids is 3. The average molecular weight is 463 g/mol.